The molecule has 1 unspecified atom stereocenters. The van der Waals surface area contributed by atoms with Crippen LogP contribution in [-0.4, -0.2) is 35.2 Å². The molecule has 0 spiro atoms. The molecule has 2 heterocycles. The van der Waals surface area contributed by atoms with Crippen molar-refractivity contribution in [3.05, 3.63) is 21.9 Å². The van der Waals surface area contributed by atoms with Crippen LogP contribution >= 0.6 is 11.3 Å². The van der Waals surface area contributed by atoms with E-state index in [1.54, 1.807) is 11.0 Å². The predicted octanol–water partition coefficient (Wildman–Crippen LogP) is 2.83. The van der Waals surface area contributed by atoms with Crippen LogP contribution in [0.25, 0.3) is 0 Å². The maximum atomic E-state index is 12.5. The number of hydrogen-bond acceptors (Lipinski definition) is 3. The highest BCUT2D eigenvalue weighted by Crippen LogP contribution is 2.34. The largest absolute Gasteiger partial charge is 0.477 e. The van der Waals surface area contributed by atoms with Crippen LogP contribution < -0.4 is 0 Å². The lowest BCUT2D eigenvalue weighted by molar-refractivity contribution is -0.170. The van der Waals surface area contributed by atoms with Gasteiger partial charge in [-0.25, -0.2) is 4.79 Å². The molecular weight excluding hydrogens is 267 g/mol. The minimum absolute atomic E-state index is 0.00377. The fraction of sp³-hybridized carbons (Fsp3) is 0.545. The summed E-state index contributed by atoms with van der Waals surface area (Å²) in [7, 11) is 0. The van der Waals surface area contributed by atoms with Crippen LogP contribution in [0.3, 0.4) is 0 Å². The summed E-state index contributed by atoms with van der Waals surface area (Å²) < 4.78 is 37.4. The number of carboxylic acid groups (broad SMARTS) is 1. The number of thiophene rings is 1. The van der Waals surface area contributed by atoms with Crippen LogP contribution in [0.4, 0.5) is 13.2 Å². The maximum Gasteiger partial charge on any atom is 0.393 e. The Balaban J connectivity index is 1.93. The number of likely N-dealkylation sites (tertiary alicyclic amines) is 1. The van der Waals surface area contributed by atoms with Crippen molar-refractivity contribution in [1.82, 2.24) is 4.90 Å². The van der Waals surface area contributed by atoms with Crippen LogP contribution in [0.1, 0.15) is 21.0 Å². The molecule has 1 aliphatic rings. The van der Waals surface area contributed by atoms with Crippen molar-refractivity contribution in [2.45, 2.75) is 19.1 Å². The molecule has 1 aliphatic heterocycles. The average molecular weight is 279 g/mol. The van der Waals surface area contributed by atoms with Crippen molar-refractivity contribution in [2.75, 3.05) is 13.1 Å². The highest BCUT2D eigenvalue weighted by Gasteiger charge is 2.43. The van der Waals surface area contributed by atoms with Crippen molar-refractivity contribution in [3.63, 3.8) is 0 Å². The lowest BCUT2D eigenvalue weighted by Gasteiger charge is -2.16. The number of carbonyl (C=O) groups is 1. The molecule has 100 valence electrons. The first-order valence-electron chi connectivity index (χ1n) is 5.47. The van der Waals surface area contributed by atoms with E-state index in [9.17, 15) is 18.0 Å². The zero-order valence-electron chi connectivity index (χ0n) is 9.41. The molecule has 1 aromatic rings. The van der Waals surface area contributed by atoms with Gasteiger partial charge in [0.15, 0.2) is 0 Å². The van der Waals surface area contributed by atoms with Gasteiger partial charge in [0, 0.05) is 18.0 Å². The van der Waals surface area contributed by atoms with E-state index in [0.717, 1.165) is 16.2 Å². The molecular formula is C11H12F3NO2S. The maximum absolute atomic E-state index is 12.5. The van der Waals surface area contributed by atoms with Crippen LogP contribution in [-0.2, 0) is 6.54 Å². The minimum atomic E-state index is -4.13. The van der Waals surface area contributed by atoms with Gasteiger partial charge < -0.3 is 5.11 Å². The van der Waals surface area contributed by atoms with Crippen LogP contribution in [0.5, 0.6) is 0 Å². The van der Waals surface area contributed by atoms with E-state index in [0.29, 0.717) is 13.1 Å². The van der Waals surface area contributed by atoms with Gasteiger partial charge in [0.2, 0.25) is 0 Å². The zero-order chi connectivity index (χ0) is 13.3. The lowest BCUT2D eigenvalue weighted by Crippen LogP contribution is -2.27. The number of rotatable bonds is 3. The molecule has 0 aliphatic carbocycles. The van der Waals surface area contributed by atoms with Crippen molar-refractivity contribution in [2.24, 2.45) is 5.92 Å². The number of alkyl halides is 3. The van der Waals surface area contributed by atoms with Crippen molar-refractivity contribution in [3.8, 4) is 0 Å². The third-order valence-corrected chi connectivity index (χ3v) is 4.05. The molecule has 0 amide bonds. The highest BCUT2D eigenvalue weighted by molar-refractivity contribution is 7.13. The van der Waals surface area contributed by atoms with Crippen molar-refractivity contribution < 1.29 is 23.1 Å². The Morgan fingerprint density at radius 3 is 2.72 bits per heavy atom. The molecule has 0 aromatic carbocycles. The third-order valence-electron chi connectivity index (χ3n) is 2.99. The summed E-state index contributed by atoms with van der Waals surface area (Å²) in [4.78, 5) is 13.4. The molecule has 1 fully saturated rings. The number of nitrogens with zero attached hydrogens (tertiary/aromatic N) is 1. The first-order chi connectivity index (χ1) is 8.36. The Morgan fingerprint density at radius 1 is 1.50 bits per heavy atom. The smallest absolute Gasteiger partial charge is 0.393 e. The normalized spacial score (nSPS) is 21.4. The van der Waals surface area contributed by atoms with Gasteiger partial charge in [0.1, 0.15) is 4.88 Å². The third kappa shape index (κ3) is 3.02. The number of halogens is 3. The first kappa shape index (κ1) is 13.4. The number of aromatic carboxylic acids is 1. The van der Waals surface area contributed by atoms with Crippen molar-refractivity contribution >= 4 is 17.3 Å². The predicted molar refractivity (Wildman–Crippen MR) is 60.7 cm³/mol. The SMILES string of the molecule is O=C(O)c1ccc(CN2CCC(C(F)(F)F)C2)s1. The lowest BCUT2D eigenvalue weighted by atomic mass is 10.1. The van der Waals surface area contributed by atoms with Gasteiger partial charge in [0.25, 0.3) is 0 Å². The molecule has 1 N–H and O–H groups in total. The summed E-state index contributed by atoms with van der Waals surface area (Å²) in [6, 6.07) is 3.15. The van der Waals surface area contributed by atoms with E-state index in [1.165, 1.54) is 6.07 Å². The Morgan fingerprint density at radius 2 is 2.22 bits per heavy atom. The van der Waals surface area contributed by atoms with Gasteiger partial charge in [-0.15, -0.1) is 11.3 Å². The molecule has 1 aromatic heterocycles. The molecule has 2 rings (SSSR count). The number of carboxylic acids is 1. The monoisotopic (exact) mass is 279 g/mol. The fourth-order valence-electron chi connectivity index (χ4n) is 2.04. The van der Waals surface area contributed by atoms with Gasteiger partial charge in [-0.1, -0.05) is 0 Å². The first-order valence-corrected chi connectivity index (χ1v) is 6.29. The summed E-state index contributed by atoms with van der Waals surface area (Å²) in [5.74, 6) is -2.25. The van der Waals surface area contributed by atoms with Gasteiger partial charge in [-0.05, 0) is 25.1 Å². The molecule has 0 saturated carbocycles. The Bertz CT molecular complexity index is 444. The summed E-state index contributed by atoms with van der Waals surface area (Å²) in [6.45, 7) is 0.804. The van der Waals surface area contributed by atoms with Gasteiger partial charge >= 0.3 is 12.1 Å². The topological polar surface area (TPSA) is 40.5 Å². The van der Waals surface area contributed by atoms with Crippen molar-refractivity contribution in [1.29, 1.82) is 0 Å². The fourth-order valence-corrected chi connectivity index (χ4v) is 2.93. The Kier molecular flexibility index (Phi) is 3.63. The van der Waals surface area contributed by atoms with Crippen LogP contribution in [0.15, 0.2) is 12.1 Å². The standard InChI is InChI=1S/C11H12F3NO2S/c12-11(13,14)7-3-4-15(5-7)6-8-1-2-9(18-8)10(16)17/h1-2,7H,3-6H2,(H,16,17). The van der Waals surface area contributed by atoms with Gasteiger partial charge in [-0.3, -0.25) is 4.90 Å². The molecule has 18 heavy (non-hydrogen) atoms. The average Bonchev–Trinajstić information content (AvgIpc) is 2.85. The molecule has 0 bridgehead atoms. The zero-order valence-corrected chi connectivity index (χ0v) is 10.2. The number of hydrogen-bond donors (Lipinski definition) is 1. The molecule has 3 nitrogen and oxygen atoms in total. The Labute approximate surface area is 106 Å². The molecule has 7 heteroatoms. The molecule has 1 saturated heterocycles. The van der Waals surface area contributed by atoms with E-state index in [4.69, 9.17) is 5.11 Å². The second-order valence-electron chi connectivity index (χ2n) is 4.33. The van der Waals surface area contributed by atoms with Crippen LogP contribution in [0, 0.1) is 5.92 Å². The summed E-state index contributed by atoms with van der Waals surface area (Å²) in [5.41, 5.74) is 0. The summed E-state index contributed by atoms with van der Waals surface area (Å²) >= 11 is 1.11. The Hall–Kier alpha value is -1.08. The van der Waals surface area contributed by atoms with E-state index in [2.05, 4.69) is 0 Å². The van der Waals surface area contributed by atoms with Crippen LogP contribution in [0.2, 0.25) is 0 Å². The summed E-state index contributed by atoms with van der Waals surface area (Å²) in [6.07, 6.45) is -4.00. The highest BCUT2D eigenvalue weighted by atomic mass is 32.1. The van der Waals surface area contributed by atoms with E-state index in [1.807, 2.05) is 0 Å². The second-order valence-corrected chi connectivity index (χ2v) is 5.50. The molecule has 1 atom stereocenters. The summed E-state index contributed by atoms with van der Waals surface area (Å²) in [5, 5.41) is 8.76. The second kappa shape index (κ2) is 4.89. The van der Waals surface area contributed by atoms with Gasteiger partial charge in [-0.2, -0.15) is 13.2 Å². The van der Waals surface area contributed by atoms with E-state index in [-0.39, 0.29) is 17.8 Å². The van der Waals surface area contributed by atoms with Gasteiger partial charge in [0.05, 0.1) is 5.92 Å². The molecule has 0 radical (unpaired) electrons. The van der Waals surface area contributed by atoms with E-state index < -0.39 is 18.1 Å². The van der Waals surface area contributed by atoms with E-state index >= 15 is 0 Å². The quantitative estimate of drug-likeness (QED) is 0.925. The minimum Gasteiger partial charge on any atom is -0.477 e.